The zero-order chi connectivity index (χ0) is 26.6. The molecular formula is C22H22B4ClF2N3O4. The zero-order valence-electron chi connectivity index (χ0n) is 20.3. The van der Waals surface area contributed by atoms with E-state index in [1.807, 2.05) is 0 Å². The van der Waals surface area contributed by atoms with Gasteiger partial charge in [0.05, 0.1) is 5.44 Å². The van der Waals surface area contributed by atoms with E-state index < -0.39 is 28.7 Å². The van der Waals surface area contributed by atoms with E-state index in [2.05, 4.69) is 0 Å². The second-order valence-corrected chi connectivity index (χ2v) is 10.1. The summed E-state index contributed by atoms with van der Waals surface area (Å²) in [7, 11) is 6.13. The van der Waals surface area contributed by atoms with E-state index in [0.29, 0.717) is 16.7 Å². The van der Waals surface area contributed by atoms with Crippen molar-refractivity contribution in [1.82, 2.24) is 14.5 Å². The molecule has 7 nitrogen and oxygen atoms in total. The highest BCUT2D eigenvalue weighted by Crippen LogP contribution is 2.39. The van der Waals surface area contributed by atoms with Crippen LogP contribution in [0.4, 0.5) is 8.78 Å². The molecule has 4 rings (SSSR count). The Morgan fingerprint density at radius 2 is 1.81 bits per heavy atom. The average molecular weight is 509 g/mol. The fraction of sp³-hybridized carbons (Fsp3) is 0.273. The second-order valence-electron chi connectivity index (χ2n) is 9.64. The van der Waals surface area contributed by atoms with Crippen LogP contribution in [0, 0.1) is 0 Å². The van der Waals surface area contributed by atoms with Crippen LogP contribution in [0.2, 0.25) is 10.8 Å². The fourth-order valence-electron chi connectivity index (χ4n) is 4.86. The highest BCUT2D eigenvalue weighted by atomic mass is 35.5. The summed E-state index contributed by atoms with van der Waals surface area (Å²) in [5.74, 6) is -6.56. The number of benzene rings is 2. The maximum atomic E-state index is 14.8. The van der Waals surface area contributed by atoms with Gasteiger partial charge in [-0.15, -0.1) is 0 Å². The first-order chi connectivity index (χ1) is 16.8. The van der Waals surface area contributed by atoms with Gasteiger partial charge in [0.1, 0.15) is 15.7 Å². The molecule has 0 aliphatic carbocycles. The summed E-state index contributed by atoms with van der Waals surface area (Å²) in [5.41, 5.74) is -0.0658. The molecule has 2 heterocycles. The van der Waals surface area contributed by atoms with Crippen molar-refractivity contribution in [3.05, 3.63) is 69.7 Å². The first-order valence-corrected chi connectivity index (χ1v) is 11.8. The molecule has 0 radical (unpaired) electrons. The smallest absolute Gasteiger partial charge is 0.348 e. The highest BCUT2D eigenvalue weighted by Gasteiger charge is 2.53. The third kappa shape index (κ3) is 4.13. The van der Waals surface area contributed by atoms with Gasteiger partial charge in [0, 0.05) is 35.7 Å². The van der Waals surface area contributed by atoms with Crippen LogP contribution in [-0.2, 0) is 33.4 Å². The summed E-state index contributed by atoms with van der Waals surface area (Å²) in [4.78, 5) is 54.4. The number of fused-ring (bicyclic) bond motifs is 1. The molecule has 0 aromatic heterocycles. The van der Waals surface area contributed by atoms with Gasteiger partial charge in [0.25, 0.3) is 11.8 Å². The topological polar surface area (TPSA) is 78.0 Å². The molecule has 2 aromatic carbocycles. The second kappa shape index (κ2) is 9.10. The number of hydrogen-bond donors (Lipinski definition) is 0. The Bertz CT molecular complexity index is 1280. The number of imide groups is 1. The van der Waals surface area contributed by atoms with E-state index in [4.69, 9.17) is 11.6 Å². The summed E-state index contributed by atoms with van der Waals surface area (Å²) in [5, 5.41) is 0.286. The molecular weight excluding hydrogens is 487 g/mol. The van der Waals surface area contributed by atoms with Crippen molar-refractivity contribution in [1.29, 1.82) is 0 Å². The molecule has 2 unspecified atom stereocenters. The molecule has 0 N–H and O–H groups in total. The number of halogens is 3. The van der Waals surface area contributed by atoms with Gasteiger partial charge in [-0.2, -0.15) is 8.78 Å². The number of hydrogen-bond acceptors (Lipinski definition) is 4. The number of amides is 4. The summed E-state index contributed by atoms with van der Waals surface area (Å²) in [6.07, 6.45) is 0.138. The Morgan fingerprint density at radius 1 is 1.17 bits per heavy atom. The highest BCUT2D eigenvalue weighted by molar-refractivity contribution is 6.42. The standard InChI is InChI=1S/C22H22B4ClF2N3O4/c23-16-8-17(33)32(26)19(35)21(16,24)30-10-12-7-11(1-6-15(12)18(30)34)9-31(25)20(36)22(28,29)13-2-4-14(27)5-3-13/h1-7,16H,8-10,23-26H2. The lowest BCUT2D eigenvalue weighted by Gasteiger charge is -2.47. The minimum atomic E-state index is -3.74. The molecule has 0 bridgehead atoms. The minimum absolute atomic E-state index is 0.104. The van der Waals surface area contributed by atoms with E-state index in [9.17, 15) is 28.0 Å². The minimum Gasteiger partial charge on any atom is -0.384 e. The number of carbonyl (C=O) groups excluding carboxylic acids is 4. The molecule has 182 valence electrons. The van der Waals surface area contributed by atoms with Crippen molar-refractivity contribution in [2.24, 2.45) is 0 Å². The van der Waals surface area contributed by atoms with Crippen LogP contribution in [0.5, 0.6) is 0 Å². The first kappa shape index (κ1) is 26.0. The van der Waals surface area contributed by atoms with E-state index in [1.54, 1.807) is 33.9 Å². The number of rotatable bonds is 5. The molecule has 2 aromatic rings. The molecule has 0 saturated carbocycles. The summed E-state index contributed by atoms with van der Waals surface area (Å²) >= 11 is 5.76. The van der Waals surface area contributed by atoms with Crippen LogP contribution in [-0.4, -0.2) is 75.2 Å². The first-order valence-electron chi connectivity index (χ1n) is 11.4. The SMILES string of the molecule is BC1CC(=O)N(B)C(=O)C1(B)N1Cc2cc(CN(B)C(=O)C(F)(F)c3ccc(Cl)cc3)ccc2C1=O. The van der Waals surface area contributed by atoms with E-state index in [1.165, 1.54) is 33.0 Å². The van der Waals surface area contributed by atoms with Crippen LogP contribution in [0.1, 0.15) is 33.5 Å². The van der Waals surface area contributed by atoms with Crippen molar-refractivity contribution in [2.75, 3.05) is 0 Å². The summed E-state index contributed by atoms with van der Waals surface area (Å²) < 4.78 is 29.6. The lowest BCUT2D eigenvalue weighted by molar-refractivity contribution is -0.154. The molecule has 2 aliphatic rings. The zero-order valence-corrected chi connectivity index (χ0v) is 21.1. The quantitative estimate of drug-likeness (QED) is 0.384. The van der Waals surface area contributed by atoms with Gasteiger partial charge >= 0.3 is 5.92 Å². The Labute approximate surface area is 215 Å². The predicted octanol–water partition coefficient (Wildman–Crippen LogP) is -0.977. The van der Waals surface area contributed by atoms with Crippen molar-refractivity contribution in [3.63, 3.8) is 0 Å². The number of carbonyl (C=O) groups is 4. The Balaban J connectivity index is 1.53. The van der Waals surface area contributed by atoms with Gasteiger partial charge in [0.2, 0.25) is 27.8 Å². The van der Waals surface area contributed by atoms with Gasteiger partial charge < -0.3 is 14.5 Å². The average Bonchev–Trinajstić information content (AvgIpc) is 3.17. The molecule has 2 aliphatic heterocycles. The van der Waals surface area contributed by atoms with Gasteiger partial charge in [-0.25, -0.2) is 0 Å². The lowest BCUT2D eigenvalue weighted by atomic mass is 9.55. The van der Waals surface area contributed by atoms with Crippen LogP contribution < -0.4 is 0 Å². The molecule has 1 fully saturated rings. The third-order valence-electron chi connectivity index (χ3n) is 7.33. The number of nitrogens with zero attached hydrogens (tertiary/aromatic N) is 3. The van der Waals surface area contributed by atoms with Crippen molar-refractivity contribution in [3.8, 4) is 0 Å². The fourth-order valence-corrected chi connectivity index (χ4v) is 4.98. The van der Waals surface area contributed by atoms with Gasteiger partial charge in [-0.3, -0.25) is 19.2 Å². The van der Waals surface area contributed by atoms with Crippen LogP contribution >= 0.6 is 11.6 Å². The normalized spacial score (nSPS) is 22.1. The van der Waals surface area contributed by atoms with E-state index in [0.717, 1.165) is 21.8 Å². The van der Waals surface area contributed by atoms with E-state index >= 15 is 0 Å². The van der Waals surface area contributed by atoms with Crippen molar-refractivity contribution >= 4 is 66.9 Å². The van der Waals surface area contributed by atoms with Crippen LogP contribution in [0.3, 0.4) is 0 Å². The van der Waals surface area contributed by atoms with Gasteiger partial charge in [-0.05, 0) is 35.1 Å². The van der Waals surface area contributed by atoms with Crippen LogP contribution in [0.15, 0.2) is 42.5 Å². The van der Waals surface area contributed by atoms with Gasteiger partial charge in [-0.1, -0.05) is 35.9 Å². The maximum Gasteiger partial charge on any atom is 0.348 e. The predicted molar refractivity (Wildman–Crippen MR) is 139 cm³/mol. The molecule has 14 heteroatoms. The van der Waals surface area contributed by atoms with E-state index in [-0.39, 0.29) is 42.2 Å². The summed E-state index contributed by atoms with van der Waals surface area (Å²) in [6.45, 7) is 0.0303. The Morgan fingerprint density at radius 3 is 2.44 bits per heavy atom. The van der Waals surface area contributed by atoms with Crippen LogP contribution in [0.25, 0.3) is 0 Å². The number of alkyl halides is 2. The Hall–Kier alpha value is -3.07. The largest absolute Gasteiger partial charge is 0.384 e. The third-order valence-corrected chi connectivity index (χ3v) is 7.58. The molecule has 36 heavy (non-hydrogen) atoms. The molecule has 4 amide bonds. The molecule has 0 spiro atoms. The molecule has 2 atom stereocenters. The lowest BCUT2D eigenvalue weighted by Crippen LogP contribution is -2.66. The molecule has 1 saturated heterocycles. The Kier molecular flexibility index (Phi) is 6.58. The monoisotopic (exact) mass is 509 g/mol. The van der Waals surface area contributed by atoms with Crippen molar-refractivity contribution < 1.29 is 28.0 Å². The summed E-state index contributed by atoms with van der Waals surface area (Å²) in [6, 6.07) is 9.70. The van der Waals surface area contributed by atoms with Gasteiger partial charge in [0.15, 0.2) is 0 Å². The number of piperidine rings is 1. The maximum absolute atomic E-state index is 14.8. The van der Waals surface area contributed by atoms with Crippen molar-refractivity contribution in [2.45, 2.75) is 36.7 Å².